The molecule has 0 bridgehead atoms. The normalized spacial score (nSPS) is 12.1. The second-order valence-electron chi connectivity index (χ2n) is 8.96. The van der Waals surface area contributed by atoms with Gasteiger partial charge in [-0.1, -0.05) is 125 Å². The van der Waals surface area contributed by atoms with Crippen molar-refractivity contribution in [3.05, 3.63) is 150 Å². The molecular weight excluding hydrogens is 603 g/mol. The molecule has 0 unspecified atom stereocenters. The average molecular weight is 630 g/mol. The largest absolute Gasteiger partial charge is 0.424 e. The van der Waals surface area contributed by atoms with Gasteiger partial charge in [0.2, 0.25) is 0 Å². The quantitative estimate of drug-likeness (QED) is 0.115. The lowest BCUT2D eigenvalue weighted by atomic mass is 10.2. The van der Waals surface area contributed by atoms with Crippen LogP contribution in [-0.2, 0) is 10.0 Å². The van der Waals surface area contributed by atoms with Crippen LogP contribution in [0.25, 0.3) is 0 Å². The Morgan fingerprint density at radius 1 is 0.650 bits per heavy atom. The first-order valence-corrected chi connectivity index (χ1v) is 16.5. The van der Waals surface area contributed by atoms with Crippen LogP contribution in [0.4, 0.5) is 0 Å². The molecule has 5 aromatic rings. The molecule has 0 spiro atoms. The van der Waals surface area contributed by atoms with E-state index < -0.39 is 17.1 Å². The summed E-state index contributed by atoms with van der Waals surface area (Å²) in [6, 6.07) is 43.1. The Kier molecular flexibility index (Phi) is 8.46. The van der Waals surface area contributed by atoms with Crippen molar-refractivity contribution in [1.82, 2.24) is 0 Å². The molecule has 5 nitrogen and oxygen atoms in total. The number of aryl methyl sites for hydroxylation is 1. The zero-order valence-electron chi connectivity index (χ0n) is 21.6. The molecule has 8 heteroatoms. The highest BCUT2D eigenvalue weighted by atomic mass is 79.9. The SMILES string of the molecule is Cc1ccc(S(=O)(=O)/N=C(/N=P(c2ccccc2)(c2ccccc2)c2ccccc2)Oc2ccc(Br)cc2)cc1. The van der Waals surface area contributed by atoms with E-state index in [1.165, 1.54) is 0 Å². The molecule has 5 rings (SSSR count). The molecule has 0 saturated carbocycles. The topological polar surface area (TPSA) is 68.1 Å². The number of rotatable bonds is 6. The minimum absolute atomic E-state index is 0.0632. The van der Waals surface area contributed by atoms with Crippen molar-refractivity contribution in [3.63, 3.8) is 0 Å². The zero-order valence-corrected chi connectivity index (χ0v) is 24.9. The highest BCUT2D eigenvalue weighted by Gasteiger charge is 2.29. The number of amidine groups is 1. The van der Waals surface area contributed by atoms with E-state index >= 15 is 0 Å². The molecule has 0 atom stereocenters. The van der Waals surface area contributed by atoms with Gasteiger partial charge in [-0.15, -0.1) is 4.40 Å². The fourth-order valence-corrected chi connectivity index (χ4v) is 8.80. The van der Waals surface area contributed by atoms with Gasteiger partial charge in [0.25, 0.3) is 10.0 Å². The molecule has 40 heavy (non-hydrogen) atoms. The van der Waals surface area contributed by atoms with E-state index in [-0.39, 0.29) is 10.9 Å². The van der Waals surface area contributed by atoms with Gasteiger partial charge in [-0.25, -0.2) is 4.74 Å². The van der Waals surface area contributed by atoms with Crippen molar-refractivity contribution in [2.75, 3.05) is 0 Å². The van der Waals surface area contributed by atoms with Crippen molar-refractivity contribution in [3.8, 4) is 5.75 Å². The first-order valence-electron chi connectivity index (χ1n) is 12.5. The minimum Gasteiger partial charge on any atom is -0.424 e. The number of benzene rings is 5. The van der Waals surface area contributed by atoms with Crippen LogP contribution in [0.5, 0.6) is 5.75 Å². The summed E-state index contributed by atoms with van der Waals surface area (Å²) >= 11 is 3.44. The molecule has 200 valence electrons. The predicted molar refractivity (Wildman–Crippen MR) is 168 cm³/mol. The van der Waals surface area contributed by atoms with Crippen LogP contribution in [-0.4, -0.2) is 14.4 Å². The Bertz CT molecular complexity index is 1670. The number of hydrogen-bond acceptors (Lipinski definition) is 3. The summed E-state index contributed by atoms with van der Waals surface area (Å²) < 4.78 is 43.6. The molecule has 0 radical (unpaired) electrons. The minimum atomic E-state index is -4.15. The van der Waals surface area contributed by atoms with E-state index in [1.54, 1.807) is 36.4 Å². The van der Waals surface area contributed by atoms with Crippen molar-refractivity contribution in [2.24, 2.45) is 9.14 Å². The lowest BCUT2D eigenvalue weighted by Gasteiger charge is -2.26. The second-order valence-corrected chi connectivity index (χ2v) is 14.5. The number of hydrogen-bond donors (Lipinski definition) is 0. The van der Waals surface area contributed by atoms with Gasteiger partial charge in [-0.05, 0) is 43.3 Å². The van der Waals surface area contributed by atoms with Crippen LogP contribution in [0.1, 0.15) is 5.56 Å². The summed E-state index contributed by atoms with van der Waals surface area (Å²) in [5.41, 5.74) is 0.945. The van der Waals surface area contributed by atoms with E-state index in [1.807, 2.05) is 110 Å². The highest BCUT2D eigenvalue weighted by Crippen LogP contribution is 2.46. The molecule has 0 amide bonds. The molecule has 5 aromatic carbocycles. The fraction of sp³-hybridized carbons (Fsp3) is 0.0312. The maximum Gasteiger partial charge on any atom is 0.332 e. The van der Waals surface area contributed by atoms with E-state index in [4.69, 9.17) is 9.48 Å². The maximum absolute atomic E-state index is 13.6. The van der Waals surface area contributed by atoms with Crippen LogP contribution in [0.3, 0.4) is 0 Å². The zero-order chi connectivity index (χ0) is 28.0. The van der Waals surface area contributed by atoms with Gasteiger partial charge < -0.3 is 4.74 Å². The molecule has 0 N–H and O–H groups in total. The van der Waals surface area contributed by atoms with Gasteiger partial charge in [-0.3, -0.25) is 0 Å². The Morgan fingerprint density at radius 3 is 1.55 bits per heavy atom. The molecule has 0 aliphatic rings. The molecule has 0 fully saturated rings. The van der Waals surface area contributed by atoms with Crippen LogP contribution in [0.15, 0.2) is 158 Å². The molecule has 0 aliphatic heterocycles. The summed E-state index contributed by atoms with van der Waals surface area (Å²) in [5.74, 6) is 0.414. The first kappa shape index (κ1) is 27.8. The summed E-state index contributed by atoms with van der Waals surface area (Å²) in [4.78, 5) is 0.0632. The Balaban J connectivity index is 1.84. The lowest BCUT2D eigenvalue weighted by molar-refractivity contribution is 0.542. The average Bonchev–Trinajstić information content (AvgIpc) is 2.98. The van der Waals surface area contributed by atoms with Gasteiger partial charge >= 0.3 is 6.02 Å². The first-order chi connectivity index (χ1) is 19.4. The summed E-state index contributed by atoms with van der Waals surface area (Å²) in [6.45, 7) is 1.90. The molecule has 0 heterocycles. The van der Waals surface area contributed by atoms with Gasteiger partial charge in [0, 0.05) is 20.4 Å². The Hall–Kier alpha value is -3.77. The van der Waals surface area contributed by atoms with Crippen molar-refractivity contribution < 1.29 is 13.2 Å². The van der Waals surface area contributed by atoms with E-state index in [9.17, 15) is 8.42 Å². The van der Waals surface area contributed by atoms with E-state index in [0.29, 0.717) is 5.75 Å². The van der Waals surface area contributed by atoms with Crippen LogP contribution in [0.2, 0.25) is 0 Å². The number of sulfonamides is 1. The number of nitrogens with zero attached hydrogens (tertiary/aromatic N) is 2. The number of halogens is 1. The van der Waals surface area contributed by atoms with Crippen LogP contribution >= 0.6 is 23.0 Å². The smallest absolute Gasteiger partial charge is 0.332 e. The van der Waals surface area contributed by atoms with Gasteiger partial charge in [-0.2, -0.15) is 8.42 Å². The van der Waals surface area contributed by atoms with E-state index in [0.717, 1.165) is 25.9 Å². The highest BCUT2D eigenvalue weighted by molar-refractivity contribution is 9.10. The van der Waals surface area contributed by atoms with E-state index in [2.05, 4.69) is 20.3 Å². The van der Waals surface area contributed by atoms with Crippen molar-refractivity contribution >= 4 is 54.9 Å². The van der Waals surface area contributed by atoms with Crippen molar-refractivity contribution in [1.29, 1.82) is 0 Å². The maximum atomic E-state index is 13.6. The molecular formula is C32H26BrN2O3PS. The van der Waals surface area contributed by atoms with Gasteiger partial charge in [0.15, 0.2) is 0 Å². The fourth-order valence-electron chi connectivity index (χ4n) is 4.21. The van der Waals surface area contributed by atoms with Crippen LogP contribution in [0, 0.1) is 6.92 Å². The Labute approximate surface area is 243 Å². The Morgan fingerprint density at radius 2 is 1.10 bits per heavy atom. The monoisotopic (exact) mass is 628 g/mol. The third-order valence-corrected chi connectivity index (χ3v) is 11.6. The third kappa shape index (κ3) is 6.18. The summed E-state index contributed by atoms with van der Waals surface area (Å²) in [6.07, 6.45) is 0. The number of ether oxygens (including phenoxy) is 1. The van der Waals surface area contributed by atoms with Gasteiger partial charge in [0.05, 0.1) is 11.9 Å². The standard InChI is InChI=1S/C32H26BrN2O3PS/c1-25-17-23-31(24-18-25)40(36,37)35-32(38-27-21-19-26(33)20-22-27)34-39(28-11-5-2-6-12-28,29-13-7-3-8-14-29)30-15-9-4-10-16-30/h2-24H,1H3/b35-32-. The molecule has 0 aliphatic carbocycles. The summed E-state index contributed by atoms with van der Waals surface area (Å²) in [5, 5.41) is 2.81. The van der Waals surface area contributed by atoms with Gasteiger partial charge in [0.1, 0.15) is 5.75 Å². The lowest BCUT2D eigenvalue weighted by Crippen LogP contribution is -2.27. The van der Waals surface area contributed by atoms with Crippen molar-refractivity contribution in [2.45, 2.75) is 11.8 Å². The summed E-state index contributed by atoms with van der Waals surface area (Å²) in [7, 11) is -6.99. The molecule has 0 saturated heterocycles. The molecule has 0 aromatic heterocycles. The third-order valence-electron chi connectivity index (χ3n) is 6.17. The second kappa shape index (κ2) is 12.2. The van der Waals surface area contributed by atoms with Crippen LogP contribution < -0.4 is 20.7 Å². The predicted octanol–water partition coefficient (Wildman–Crippen LogP) is 7.06.